The fourth-order valence-electron chi connectivity index (χ4n) is 1.83. The lowest BCUT2D eigenvalue weighted by Crippen LogP contribution is -2.47. The Morgan fingerprint density at radius 1 is 1.35 bits per heavy atom. The lowest BCUT2D eigenvalue weighted by molar-refractivity contribution is 0.105. The maximum atomic E-state index is 10.6. The molecule has 1 saturated heterocycles. The number of nitrogens with two attached hydrogens (primary N) is 1. The predicted octanol–water partition coefficient (Wildman–Crippen LogP) is 0.858. The maximum Gasteiger partial charge on any atom is 0.407 e. The third-order valence-corrected chi connectivity index (χ3v) is 2.94. The van der Waals surface area contributed by atoms with Crippen LogP contribution in [0.1, 0.15) is 17.0 Å². The quantitative estimate of drug-likeness (QED) is 0.306. The van der Waals surface area contributed by atoms with E-state index in [0.29, 0.717) is 18.7 Å². The summed E-state index contributed by atoms with van der Waals surface area (Å²) in [6.45, 7) is 1.05. The van der Waals surface area contributed by atoms with Crippen LogP contribution in [0.4, 0.5) is 4.79 Å². The molecule has 0 radical (unpaired) electrons. The van der Waals surface area contributed by atoms with E-state index in [4.69, 9.17) is 16.0 Å². The predicted molar refractivity (Wildman–Crippen MR) is 61.3 cm³/mol. The summed E-state index contributed by atoms with van der Waals surface area (Å²) in [7, 11) is 0. The molecule has 0 bridgehead atoms. The lowest BCUT2D eigenvalue weighted by Gasteiger charge is -2.37. The van der Waals surface area contributed by atoms with Crippen LogP contribution in [0.25, 0.3) is 0 Å². The van der Waals surface area contributed by atoms with E-state index in [1.807, 2.05) is 12.1 Å². The van der Waals surface area contributed by atoms with Gasteiger partial charge in [0.2, 0.25) is 0 Å². The number of rotatable bonds is 2. The average molecular weight is 235 g/mol. The Kier molecular flexibility index (Phi) is 2.86. The standard InChI is InChI=1S/C11H13N3O3/c12-10(13-17)8-3-1-7(2-4-8)9-5-14(6-9)11(15)16/h1-4,9,17H,5-6H2,(H2,12,13)(H,15,16). The van der Waals surface area contributed by atoms with Gasteiger partial charge in [0.25, 0.3) is 0 Å². The Bertz CT molecular complexity index is 450. The number of oxime groups is 1. The van der Waals surface area contributed by atoms with Crippen LogP contribution in [-0.2, 0) is 0 Å². The highest BCUT2D eigenvalue weighted by Crippen LogP contribution is 2.26. The summed E-state index contributed by atoms with van der Waals surface area (Å²) in [5, 5.41) is 20.1. The lowest BCUT2D eigenvalue weighted by atomic mass is 9.91. The molecule has 0 spiro atoms. The first-order valence-electron chi connectivity index (χ1n) is 5.17. The molecule has 2 rings (SSSR count). The second kappa shape index (κ2) is 4.32. The third kappa shape index (κ3) is 2.15. The molecule has 0 aromatic heterocycles. The molecule has 0 unspecified atom stereocenters. The zero-order valence-electron chi connectivity index (χ0n) is 9.08. The number of carbonyl (C=O) groups is 1. The van der Waals surface area contributed by atoms with Crippen LogP contribution in [0.15, 0.2) is 29.4 Å². The Morgan fingerprint density at radius 2 is 1.94 bits per heavy atom. The van der Waals surface area contributed by atoms with Crippen molar-refractivity contribution >= 4 is 11.9 Å². The minimum atomic E-state index is -0.880. The SMILES string of the molecule is NC(=NO)c1ccc(C2CN(C(=O)O)C2)cc1. The number of amidine groups is 1. The number of hydrogen-bond donors (Lipinski definition) is 3. The first-order valence-corrected chi connectivity index (χ1v) is 5.17. The molecule has 6 heteroatoms. The van der Waals surface area contributed by atoms with E-state index in [2.05, 4.69) is 5.16 Å². The van der Waals surface area contributed by atoms with E-state index in [1.54, 1.807) is 12.1 Å². The fraction of sp³-hybridized carbons (Fsp3) is 0.273. The molecule has 0 saturated carbocycles. The molecule has 0 aliphatic carbocycles. The van der Waals surface area contributed by atoms with E-state index >= 15 is 0 Å². The highest BCUT2D eigenvalue weighted by Gasteiger charge is 2.31. The zero-order chi connectivity index (χ0) is 12.4. The minimum Gasteiger partial charge on any atom is -0.465 e. The van der Waals surface area contributed by atoms with Gasteiger partial charge in [-0.2, -0.15) is 0 Å². The van der Waals surface area contributed by atoms with Crippen molar-refractivity contribution in [3.63, 3.8) is 0 Å². The van der Waals surface area contributed by atoms with Crippen molar-refractivity contribution in [3.8, 4) is 0 Å². The Morgan fingerprint density at radius 3 is 2.41 bits per heavy atom. The second-order valence-electron chi connectivity index (χ2n) is 3.99. The van der Waals surface area contributed by atoms with Gasteiger partial charge >= 0.3 is 6.09 Å². The summed E-state index contributed by atoms with van der Waals surface area (Å²) in [6, 6.07) is 7.26. The zero-order valence-corrected chi connectivity index (χ0v) is 9.08. The average Bonchev–Trinajstić information content (AvgIpc) is 2.26. The van der Waals surface area contributed by atoms with Crippen LogP contribution in [0.2, 0.25) is 0 Å². The van der Waals surface area contributed by atoms with Crippen LogP contribution >= 0.6 is 0 Å². The van der Waals surface area contributed by atoms with Gasteiger partial charge < -0.3 is 20.9 Å². The van der Waals surface area contributed by atoms with E-state index < -0.39 is 6.09 Å². The van der Waals surface area contributed by atoms with E-state index in [1.165, 1.54) is 4.90 Å². The summed E-state index contributed by atoms with van der Waals surface area (Å²) in [6.07, 6.45) is -0.880. The van der Waals surface area contributed by atoms with Crippen molar-refractivity contribution < 1.29 is 15.1 Å². The molecule has 1 aromatic rings. The van der Waals surface area contributed by atoms with E-state index in [-0.39, 0.29) is 11.8 Å². The summed E-state index contributed by atoms with van der Waals surface area (Å²) < 4.78 is 0. The molecule has 90 valence electrons. The fourth-order valence-corrected chi connectivity index (χ4v) is 1.83. The molecule has 6 nitrogen and oxygen atoms in total. The number of nitrogens with zero attached hydrogens (tertiary/aromatic N) is 2. The first-order chi connectivity index (χ1) is 8.11. The van der Waals surface area contributed by atoms with Crippen molar-refractivity contribution in [3.05, 3.63) is 35.4 Å². The molecule has 1 aliphatic rings. The summed E-state index contributed by atoms with van der Waals surface area (Å²) in [4.78, 5) is 12.0. The van der Waals surface area contributed by atoms with Gasteiger partial charge in [-0.05, 0) is 5.56 Å². The van der Waals surface area contributed by atoms with Gasteiger partial charge in [0.1, 0.15) is 0 Å². The number of benzene rings is 1. The van der Waals surface area contributed by atoms with Crippen LogP contribution < -0.4 is 5.73 Å². The number of likely N-dealkylation sites (tertiary alicyclic amines) is 1. The van der Waals surface area contributed by atoms with Crippen LogP contribution in [0.5, 0.6) is 0 Å². The molecule has 1 fully saturated rings. The third-order valence-electron chi connectivity index (χ3n) is 2.94. The number of carboxylic acid groups (broad SMARTS) is 1. The molecule has 1 heterocycles. The minimum absolute atomic E-state index is 0.0670. The van der Waals surface area contributed by atoms with Gasteiger partial charge in [0.05, 0.1) is 0 Å². The van der Waals surface area contributed by atoms with Crippen molar-refractivity contribution in [2.45, 2.75) is 5.92 Å². The molecule has 1 aromatic carbocycles. The highest BCUT2D eigenvalue weighted by atomic mass is 16.4. The van der Waals surface area contributed by atoms with Crippen LogP contribution in [0.3, 0.4) is 0 Å². The second-order valence-corrected chi connectivity index (χ2v) is 3.99. The van der Waals surface area contributed by atoms with E-state index in [9.17, 15) is 4.79 Å². The van der Waals surface area contributed by atoms with E-state index in [0.717, 1.165) is 5.56 Å². The smallest absolute Gasteiger partial charge is 0.407 e. The monoisotopic (exact) mass is 235 g/mol. The molecule has 4 N–H and O–H groups in total. The van der Waals surface area contributed by atoms with Gasteiger partial charge in [-0.15, -0.1) is 0 Å². The molecular weight excluding hydrogens is 222 g/mol. The normalized spacial score (nSPS) is 16.7. The van der Waals surface area contributed by atoms with Gasteiger partial charge in [-0.3, -0.25) is 0 Å². The summed E-state index contributed by atoms with van der Waals surface area (Å²) >= 11 is 0. The Balaban J connectivity index is 2.03. The van der Waals surface area contributed by atoms with Crippen molar-refractivity contribution in [2.24, 2.45) is 10.9 Å². The Labute approximate surface area is 97.9 Å². The highest BCUT2D eigenvalue weighted by molar-refractivity contribution is 5.96. The van der Waals surface area contributed by atoms with Crippen molar-refractivity contribution in [1.82, 2.24) is 4.90 Å². The van der Waals surface area contributed by atoms with Crippen LogP contribution in [-0.4, -0.2) is 40.2 Å². The topological polar surface area (TPSA) is 99.2 Å². The van der Waals surface area contributed by atoms with Gasteiger partial charge in [0, 0.05) is 24.6 Å². The van der Waals surface area contributed by atoms with Crippen molar-refractivity contribution in [2.75, 3.05) is 13.1 Å². The largest absolute Gasteiger partial charge is 0.465 e. The van der Waals surface area contributed by atoms with Gasteiger partial charge in [-0.1, -0.05) is 29.4 Å². The van der Waals surface area contributed by atoms with Crippen LogP contribution in [0, 0.1) is 0 Å². The first kappa shape index (κ1) is 11.3. The Hall–Kier alpha value is -2.24. The molecule has 1 aliphatic heterocycles. The molecular formula is C11H13N3O3. The molecule has 1 amide bonds. The van der Waals surface area contributed by atoms with Crippen molar-refractivity contribution in [1.29, 1.82) is 0 Å². The van der Waals surface area contributed by atoms with Gasteiger partial charge in [0.15, 0.2) is 5.84 Å². The maximum absolute atomic E-state index is 10.6. The molecule has 17 heavy (non-hydrogen) atoms. The number of hydrogen-bond acceptors (Lipinski definition) is 3. The molecule has 0 atom stereocenters. The number of amides is 1. The van der Waals surface area contributed by atoms with Gasteiger partial charge in [-0.25, -0.2) is 4.79 Å². The summed E-state index contributed by atoms with van der Waals surface area (Å²) in [5.74, 6) is 0.310. The summed E-state index contributed by atoms with van der Waals surface area (Å²) in [5.41, 5.74) is 7.15.